The fourth-order valence-corrected chi connectivity index (χ4v) is 4.05. The molecule has 112 valence electrons. The number of amides is 1. The number of hydrogen-bond donors (Lipinski definition) is 1. The van der Waals surface area contributed by atoms with Crippen LogP contribution in [0.5, 0.6) is 5.75 Å². The highest BCUT2D eigenvalue weighted by molar-refractivity contribution is 5.93. The third-order valence-corrected chi connectivity index (χ3v) is 5.26. The number of fused-ring (bicyclic) bond motifs is 3. The molecular formula is C17H21NO3. The number of nitrogens with two attached hydrogens (primary N) is 1. The van der Waals surface area contributed by atoms with Crippen molar-refractivity contribution >= 4 is 11.7 Å². The molecule has 0 radical (unpaired) electrons. The molecule has 0 bridgehead atoms. The zero-order valence-electron chi connectivity index (χ0n) is 12.4. The van der Waals surface area contributed by atoms with E-state index in [1.54, 1.807) is 12.1 Å². The minimum absolute atomic E-state index is 0.00405. The maximum absolute atomic E-state index is 11.8. The summed E-state index contributed by atoms with van der Waals surface area (Å²) in [5.74, 6) is 1.03. The zero-order chi connectivity index (χ0) is 15.0. The van der Waals surface area contributed by atoms with Crippen LogP contribution in [0.2, 0.25) is 0 Å². The molecule has 2 N–H and O–H groups in total. The van der Waals surface area contributed by atoms with Gasteiger partial charge in [0, 0.05) is 29.4 Å². The van der Waals surface area contributed by atoms with E-state index in [1.807, 2.05) is 6.07 Å². The Morgan fingerprint density at radius 2 is 2.29 bits per heavy atom. The lowest BCUT2D eigenvalue weighted by molar-refractivity contribution is -0.123. The second kappa shape index (κ2) is 5.17. The average Bonchev–Trinajstić information content (AvgIpc) is 2.63. The maximum atomic E-state index is 11.8. The normalized spacial score (nSPS) is 28.0. The van der Waals surface area contributed by atoms with Gasteiger partial charge in [-0.15, -0.1) is 0 Å². The third-order valence-electron chi connectivity index (χ3n) is 5.26. The molecule has 1 saturated carbocycles. The molecule has 2 atom stereocenters. The van der Waals surface area contributed by atoms with Gasteiger partial charge < -0.3 is 10.5 Å². The number of carbonyl (C=O) groups is 2. The topological polar surface area (TPSA) is 69.4 Å². The Morgan fingerprint density at radius 3 is 3.00 bits per heavy atom. The largest absolute Gasteiger partial charge is 0.493 e. The Labute approximate surface area is 124 Å². The summed E-state index contributed by atoms with van der Waals surface area (Å²) in [6.07, 6.45) is 4.03. The molecule has 0 aromatic heterocycles. The number of carbonyl (C=O) groups excluding carboxylic acids is 2. The lowest BCUT2D eigenvalue weighted by Gasteiger charge is -2.42. The first-order valence-corrected chi connectivity index (χ1v) is 7.65. The van der Waals surface area contributed by atoms with Crippen molar-refractivity contribution in [1.82, 2.24) is 0 Å². The predicted molar refractivity (Wildman–Crippen MR) is 79.4 cm³/mol. The van der Waals surface area contributed by atoms with E-state index in [1.165, 1.54) is 0 Å². The summed E-state index contributed by atoms with van der Waals surface area (Å²) >= 11 is 0. The summed E-state index contributed by atoms with van der Waals surface area (Å²) in [6, 6.07) is 5.52. The monoisotopic (exact) mass is 287 g/mol. The van der Waals surface area contributed by atoms with E-state index >= 15 is 0 Å². The summed E-state index contributed by atoms with van der Waals surface area (Å²) in [6.45, 7) is 2.77. The summed E-state index contributed by atoms with van der Waals surface area (Å²) < 4.78 is 5.87. The van der Waals surface area contributed by atoms with Crippen molar-refractivity contribution in [3.8, 4) is 5.75 Å². The Kier molecular flexibility index (Phi) is 3.47. The number of primary amides is 1. The van der Waals surface area contributed by atoms with Gasteiger partial charge in [0.25, 0.3) is 0 Å². The highest BCUT2D eigenvalue weighted by Crippen LogP contribution is 2.51. The van der Waals surface area contributed by atoms with Crippen molar-refractivity contribution in [2.24, 2.45) is 11.7 Å². The smallest absolute Gasteiger partial charge is 0.248 e. The maximum Gasteiger partial charge on any atom is 0.248 e. The van der Waals surface area contributed by atoms with Crippen LogP contribution in [-0.2, 0) is 10.2 Å². The molecule has 1 amide bonds. The van der Waals surface area contributed by atoms with E-state index in [0.717, 1.165) is 30.6 Å². The van der Waals surface area contributed by atoms with Crippen LogP contribution in [0.3, 0.4) is 0 Å². The first-order valence-electron chi connectivity index (χ1n) is 7.65. The van der Waals surface area contributed by atoms with Crippen LogP contribution >= 0.6 is 0 Å². The van der Waals surface area contributed by atoms with Gasteiger partial charge in [-0.2, -0.15) is 0 Å². The molecule has 4 nitrogen and oxygen atoms in total. The van der Waals surface area contributed by atoms with E-state index in [0.29, 0.717) is 36.7 Å². The number of ketones is 1. The highest BCUT2D eigenvalue weighted by atomic mass is 16.5. The van der Waals surface area contributed by atoms with E-state index in [2.05, 4.69) is 6.92 Å². The average molecular weight is 287 g/mol. The minimum atomic E-state index is -0.438. The summed E-state index contributed by atoms with van der Waals surface area (Å²) in [7, 11) is 0. The molecule has 1 aliphatic carbocycles. The molecule has 0 spiro atoms. The molecule has 4 heteroatoms. The number of ether oxygens (including phenoxy) is 1. The zero-order valence-corrected chi connectivity index (χ0v) is 12.4. The van der Waals surface area contributed by atoms with E-state index in [-0.39, 0.29) is 5.41 Å². The van der Waals surface area contributed by atoms with Gasteiger partial charge in [0.15, 0.2) is 0 Å². The standard InChI is InChI=1S/C17H21NO3/c1-2-17-7-5-13(19)10-12(17)6-8-21-15-9-11(16(18)20)3-4-14(15)17/h3-4,9,12H,2,5-8,10H2,1H3,(H2,18,20). The second-order valence-corrected chi connectivity index (χ2v) is 6.16. The minimum Gasteiger partial charge on any atom is -0.493 e. The van der Waals surface area contributed by atoms with Crippen molar-refractivity contribution in [1.29, 1.82) is 0 Å². The van der Waals surface area contributed by atoms with Gasteiger partial charge >= 0.3 is 0 Å². The van der Waals surface area contributed by atoms with Gasteiger partial charge in [0.2, 0.25) is 5.91 Å². The molecule has 2 unspecified atom stereocenters. The number of rotatable bonds is 2. The van der Waals surface area contributed by atoms with Crippen LogP contribution in [0, 0.1) is 5.92 Å². The van der Waals surface area contributed by atoms with Gasteiger partial charge in [-0.3, -0.25) is 9.59 Å². The number of benzene rings is 1. The third kappa shape index (κ3) is 2.23. The first kappa shape index (κ1) is 14.1. The van der Waals surface area contributed by atoms with Gasteiger partial charge in [-0.25, -0.2) is 0 Å². The summed E-state index contributed by atoms with van der Waals surface area (Å²) in [5.41, 5.74) is 6.98. The van der Waals surface area contributed by atoms with Gasteiger partial charge in [0.05, 0.1) is 6.61 Å². The fraction of sp³-hybridized carbons (Fsp3) is 0.529. The molecule has 2 aliphatic rings. The molecule has 1 aromatic carbocycles. The molecule has 21 heavy (non-hydrogen) atoms. The first-order chi connectivity index (χ1) is 10.1. The summed E-state index contributed by atoms with van der Waals surface area (Å²) in [5, 5.41) is 0. The van der Waals surface area contributed by atoms with Crippen LogP contribution in [0.25, 0.3) is 0 Å². The van der Waals surface area contributed by atoms with Crippen LogP contribution in [0.15, 0.2) is 18.2 Å². The van der Waals surface area contributed by atoms with Gasteiger partial charge in [-0.1, -0.05) is 13.0 Å². The fourth-order valence-electron chi connectivity index (χ4n) is 4.05. The molecule has 0 saturated heterocycles. The molecule has 3 rings (SSSR count). The molecular weight excluding hydrogens is 266 g/mol. The van der Waals surface area contributed by atoms with Crippen LogP contribution < -0.4 is 10.5 Å². The van der Waals surface area contributed by atoms with Crippen LogP contribution in [0.1, 0.15) is 54.9 Å². The summed E-state index contributed by atoms with van der Waals surface area (Å²) in [4.78, 5) is 23.2. The number of hydrogen-bond acceptors (Lipinski definition) is 3. The lowest BCUT2D eigenvalue weighted by Crippen LogP contribution is -2.40. The molecule has 1 aliphatic heterocycles. The van der Waals surface area contributed by atoms with Crippen molar-refractivity contribution in [2.75, 3.05) is 6.61 Å². The highest BCUT2D eigenvalue weighted by Gasteiger charge is 2.45. The van der Waals surface area contributed by atoms with Crippen LogP contribution in [-0.4, -0.2) is 18.3 Å². The van der Waals surface area contributed by atoms with Gasteiger partial charge in [0.1, 0.15) is 11.5 Å². The lowest BCUT2D eigenvalue weighted by atomic mass is 9.60. The Morgan fingerprint density at radius 1 is 1.48 bits per heavy atom. The molecule has 1 heterocycles. The van der Waals surface area contributed by atoms with Crippen molar-refractivity contribution in [2.45, 2.75) is 44.4 Å². The van der Waals surface area contributed by atoms with Crippen LogP contribution in [0.4, 0.5) is 0 Å². The van der Waals surface area contributed by atoms with Crippen molar-refractivity contribution < 1.29 is 14.3 Å². The van der Waals surface area contributed by atoms with Gasteiger partial charge in [-0.05, 0) is 37.3 Å². The van der Waals surface area contributed by atoms with E-state index in [9.17, 15) is 9.59 Å². The van der Waals surface area contributed by atoms with Crippen molar-refractivity contribution in [3.63, 3.8) is 0 Å². The predicted octanol–water partition coefficient (Wildman–Crippen LogP) is 2.59. The Hall–Kier alpha value is -1.84. The second-order valence-electron chi connectivity index (χ2n) is 6.16. The SMILES string of the molecule is CCC12CCC(=O)CC1CCOc1cc(C(N)=O)ccc12. The van der Waals surface area contributed by atoms with E-state index in [4.69, 9.17) is 10.5 Å². The Balaban J connectivity index is 2.11. The molecule has 1 aromatic rings. The Bertz CT molecular complexity index is 596. The quantitative estimate of drug-likeness (QED) is 0.909. The molecule has 1 fully saturated rings. The number of Topliss-reactive ketones (excluding diaryl/α,β-unsaturated/α-hetero) is 1. The van der Waals surface area contributed by atoms with Crippen molar-refractivity contribution in [3.05, 3.63) is 29.3 Å². The van der Waals surface area contributed by atoms with E-state index < -0.39 is 5.91 Å².